The number of benzene rings is 1. The van der Waals surface area contributed by atoms with Crippen LogP contribution in [0.4, 0.5) is 0 Å². The molecule has 0 aliphatic carbocycles. The molecule has 2 N–H and O–H groups in total. The van der Waals surface area contributed by atoms with Crippen molar-refractivity contribution in [3.8, 4) is 0 Å². The van der Waals surface area contributed by atoms with Crippen molar-refractivity contribution in [2.75, 3.05) is 13.1 Å². The third-order valence-electron chi connectivity index (χ3n) is 5.20. The lowest BCUT2D eigenvalue weighted by molar-refractivity contribution is 0.101. The van der Waals surface area contributed by atoms with Gasteiger partial charge in [0.15, 0.2) is 0 Å². The summed E-state index contributed by atoms with van der Waals surface area (Å²) in [6.45, 7) is 6.52. The van der Waals surface area contributed by atoms with Crippen molar-refractivity contribution in [1.29, 1.82) is 0 Å². The van der Waals surface area contributed by atoms with E-state index >= 15 is 0 Å². The van der Waals surface area contributed by atoms with Crippen molar-refractivity contribution in [3.63, 3.8) is 0 Å². The van der Waals surface area contributed by atoms with Crippen LogP contribution in [0.2, 0.25) is 0 Å². The molecule has 0 radical (unpaired) electrons. The zero-order chi connectivity index (χ0) is 15.5. The van der Waals surface area contributed by atoms with E-state index < -0.39 is 6.10 Å². The summed E-state index contributed by atoms with van der Waals surface area (Å²) in [6, 6.07) is 4.76. The van der Waals surface area contributed by atoms with Gasteiger partial charge in [-0.05, 0) is 56.3 Å². The van der Waals surface area contributed by atoms with E-state index in [9.17, 15) is 5.11 Å². The summed E-state index contributed by atoms with van der Waals surface area (Å²) < 4.78 is 0. The lowest BCUT2D eigenvalue weighted by Crippen LogP contribution is -2.40. The number of nitrogens with one attached hydrogen (secondary N) is 1. The molecule has 1 aliphatic rings. The number of aliphatic hydroxyl groups excluding tert-OH is 1. The zero-order valence-corrected chi connectivity index (χ0v) is 13.7. The minimum atomic E-state index is -0.390. The van der Waals surface area contributed by atoms with E-state index in [2.05, 4.69) is 28.9 Å². The minimum absolute atomic E-state index is 0.390. The Morgan fingerprint density at radius 3 is 3.09 bits per heavy atom. The summed E-state index contributed by atoms with van der Waals surface area (Å²) in [7, 11) is 0. The highest BCUT2D eigenvalue weighted by Gasteiger charge is 2.22. The predicted octanol–water partition coefficient (Wildman–Crippen LogP) is 3.56. The first-order chi connectivity index (χ1) is 10.7. The number of hydrogen-bond acceptors (Lipinski definition) is 3. The van der Waals surface area contributed by atoms with E-state index in [-0.39, 0.29) is 0 Å². The van der Waals surface area contributed by atoms with Gasteiger partial charge in [-0.15, -0.1) is 0 Å². The molecule has 0 spiro atoms. The summed E-state index contributed by atoms with van der Waals surface area (Å²) in [6.07, 6.45) is 7.45. The summed E-state index contributed by atoms with van der Waals surface area (Å²) >= 11 is 0. The molecule has 2 atom stereocenters. The van der Waals surface area contributed by atoms with Gasteiger partial charge in [0.25, 0.3) is 0 Å². The first kappa shape index (κ1) is 15.5. The normalized spacial score (nSPS) is 21.3. The molecule has 120 valence electrons. The summed E-state index contributed by atoms with van der Waals surface area (Å²) in [5, 5.41) is 18.8. The highest BCUT2D eigenvalue weighted by Crippen LogP contribution is 2.28. The fraction of sp³-hybridized carbons (Fsp3) is 0.611. The van der Waals surface area contributed by atoms with Crippen LogP contribution in [-0.2, 0) is 0 Å². The van der Waals surface area contributed by atoms with Crippen LogP contribution < -0.4 is 0 Å². The number of H-pyrrole nitrogens is 1. The molecule has 1 saturated heterocycles. The molecular formula is C18H27N3O. The molecule has 1 aromatic carbocycles. The van der Waals surface area contributed by atoms with Crippen molar-refractivity contribution >= 4 is 10.9 Å². The van der Waals surface area contributed by atoms with Crippen LogP contribution in [0.3, 0.4) is 0 Å². The van der Waals surface area contributed by atoms with Crippen LogP contribution >= 0.6 is 0 Å². The molecule has 0 amide bonds. The second-order valence-electron chi connectivity index (χ2n) is 6.51. The second-order valence-corrected chi connectivity index (χ2v) is 6.51. The Morgan fingerprint density at radius 1 is 1.41 bits per heavy atom. The first-order valence-electron chi connectivity index (χ1n) is 8.55. The average Bonchev–Trinajstić information content (AvgIpc) is 3.02. The van der Waals surface area contributed by atoms with Crippen molar-refractivity contribution in [3.05, 3.63) is 29.5 Å². The molecule has 0 saturated carbocycles. The van der Waals surface area contributed by atoms with Gasteiger partial charge in [-0.1, -0.05) is 19.4 Å². The van der Waals surface area contributed by atoms with Crippen molar-refractivity contribution in [2.45, 2.75) is 58.1 Å². The highest BCUT2D eigenvalue weighted by atomic mass is 16.3. The Labute approximate surface area is 132 Å². The largest absolute Gasteiger partial charge is 0.388 e. The SMILES string of the molecule is CCC1CCCCN1CCC(O)c1ccc2[nH]ncc2c1C. The van der Waals surface area contributed by atoms with Gasteiger partial charge in [0.2, 0.25) is 0 Å². The Balaban J connectivity index is 1.67. The molecule has 4 nitrogen and oxygen atoms in total. The number of fused-ring (bicyclic) bond motifs is 1. The van der Waals surface area contributed by atoms with E-state index in [0.717, 1.165) is 35.0 Å². The van der Waals surface area contributed by atoms with E-state index in [0.29, 0.717) is 6.04 Å². The van der Waals surface area contributed by atoms with E-state index in [1.54, 1.807) is 0 Å². The molecule has 2 aromatic rings. The molecule has 1 aromatic heterocycles. The molecule has 0 bridgehead atoms. The smallest absolute Gasteiger partial charge is 0.0805 e. The summed E-state index contributed by atoms with van der Waals surface area (Å²) in [5.74, 6) is 0. The molecule has 4 heteroatoms. The van der Waals surface area contributed by atoms with E-state index in [4.69, 9.17) is 0 Å². The average molecular weight is 301 g/mol. The fourth-order valence-electron chi connectivity index (χ4n) is 3.80. The quantitative estimate of drug-likeness (QED) is 0.888. The highest BCUT2D eigenvalue weighted by molar-refractivity contribution is 5.82. The summed E-state index contributed by atoms with van der Waals surface area (Å²) in [5.41, 5.74) is 3.22. The first-order valence-corrected chi connectivity index (χ1v) is 8.55. The van der Waals surface area contributed by atoms with Crippen LogP contribution in [0, 0.1) is 6.92 Å². The number of likely N-dealkylation sites (tertiary alicyclic amines) is 1. The van der Waals surface area contributed by atoms with Gasteiger partial charge in [0, 0.05) is 18.0 Å². The monoisotopic (exact) mass is 301 g/mol. The van der Waals surface area contributed by atoms with Crippen LogP contribution in [-0.4, -0.2) is 39.3 Å². The lowest BCUT2D eigenvalue weighted by atomic mass is 9.96. The molecule has 1 aliphatic heterocycles. The number of nitrogens with zero attached hydrogens (tertiary/aromatic N) is 2. The Morgan fingerprint density at radius 2 is 2.27 bits per heavy atom. The van der Waals surface area contributed by atoms with Crippen LogP contribution in [0.25, 0.3) is 10.9 Å². The Kier molecular flexibility index (Phi) is 4.79. The van der Waals surface area contributed by atoms with Gasteiger partial charge >= 0.3 is 0 Å². The number of rotatable bonds is 5. The molecule has 2 unspecified atom stereocenters. The lowest BCUT2D eigenvalue weighted by Gasteiger charge is -2.35. The minimum Gasteiger partial charge on any atom is -0.388 e. The number of aliphatic hydroxyl groups is 1. The van der Waals surface area contributed by atoms with Crippen molar-refractivity contribution in [2.24, 2.45) is 0 Å². The van der Waals surface area contributed by atoms with Gasteiger partial charge < -0.3 is 10.0 Å². The third-order valence-corrected chi connectivity index (χ3v) is 5.20. The Hall–Kier alpha value is -1.39. The molecule has 2 heterocycles. The van der Waals surface area contributed by atoms with Gasteiger partial charge in [-0.3, -0.25) is 5.10 Å². The van der Waals surface area contributed by atoms with Crippen molar-refractivity contribution < 1.29 is 5.11 Å². The molecular weight excluding hydrogens is 274 g/mol. The van der Waals surface area contributed by atoms with Crippen LogP contribution in [0.1, 0.15) is 56.3 Å². The fourth-order valence-corrected chi connectivity index (χ4v) is 3.80. The van der Waals surface area contributed by atoms with Gasteiger partial charge in [-0.2, -0.15) is 5.10 Å². The van der Waals surface area contributed by atoms with Crippen molar-refractivity contribution in [1.82, 2.24) is 15.1 Å². The standard InChI is InChI=1S/C18H27N3O/c1-3-14-6-4-5-10-21(14)11-9-18(22)15-7-8-17-16(13(15)2)12-19-20-17/h7-8,12,14,18,22H,3-6,9-11H2,1-2H3,(H,19,20). The van der Waals surface area contributed by atoms with Gasteiger partial charge in [0.05, 0.1) is 17.8 Å². The maximum Gasteiger partial charge on any atom is 0.0805 e. The van der Waals surface area contributed by atoms with E-state index in [1.165, 1.54) is 32.2 Å². The maximum absolute atomic E-state index is 10.6. The Bertz CT molecular complexity index is 622. The van der Waals surface area contributed by atoms with Crippen LogP contribution in [0.15, 0.2) is 18.3 Å². The number of hydrogen-bond donors (Lipinski definition) is 2. The third kappa shape index (κ3) is 3.03. The maximum atomic E-state index is 10.6. The molecule has 1 fully saturated rings. The molecule has 3 rings (SSSR count). The van der Waals surface area contributed by atoms with Gasteiger partial charge in [0.1, 0.15) is 0 Å². The molecule has 22 heavy (non-hydrogen) atoms. The number of aromatic nitrogens is 2. The number of piperidine rings is 1. The van der Waals surface area contributed by atoms with Crippen LogP contribution in [0.5, 0.6) is 0 Å². The van der Waals surface area contributed by atoms with E-state index in [1.807, 2.05) is 18.3 Å². The summed E-state index contributed by atoms with van der Waals surface area (Å²) in [4.78, 5) is 2.57. The van der Waals surface area contributed by atoms with Gasteiger partial charge in [-0.25, -0.2) is 0 Å². The number of aromatic amines is 1. The topological polar surface area (TPSA) is 52.1 Å². The predicted molar refractivity (Wildman–Crippen MR) is 89.9 cm³/mol. The zero-order valence-electron chi connectivity index (χ0n) is 13.7. The second kappa shape index (κ2) is 6.80. The number of aryl methyl sites for hydroxylation is 1.